The number of aromatic nitrogens is 1. The van der Waals surface area contributed by atoms with Gasteiger partial charge in [-0.15, -0.1) is 0 Å². The maximum atomic E-state index is 12.7. The molecule has 0 aliphatic rings. The molecule has 2 rings (SSSR count). The summed E-state index contributed by atoms with van der Waals surface area (Å²) in [6, 6.07) is 6.15. The predicted octanol–water partition coefficient (Wildman–Crippen LogP) is 3.61. The second-order valence-electron chi connectivity index (χ2n) is 5.56. The molecule has 5 N–H and O–H groups in total. The number of rotatable bonds is 6. The molecule has 0 aliphatic heterocycles. The van der Waals surface area contributed by atoms with Crippen molar-refractivity contribution in [3.8, 4) is 0 Å². The molecule has 118 valence electrons. The number of anilines is 1. The number of benzene rings is 1. The summed E-state index contributed by atoms with van der Waals surface area (Å²) in [5.41, 5.74) is 9.21. The second kappa shape index (κ2) is 7.13. The van der Waals surface area contributed by atoms with Crippen LogP contribution in [-0.4, -0.2) is 12.0 Å². The molecular weight excluding hydrogens is 279 g/mol. The van der Waals surface area contributed by atoms with Crippen LogP contribution in [0.4, 0.5) is 10.1 Å². The molecule has 1 heterocycles. The minimum absolute atomic E-state index is 0.231. The SMILES string of the molecule is CNCc1c[nH]c2cc(N/C(=C/C=C(\N)F)C(C)C)ccc12. The molecular formula is C17H23FN4. The van der Waals surface area contributed by atoms with Crippen molar-refractivity contribution in [1.82, 2.24) is 10.3 Å². The Kier molecular flexibility index (Phi) is 5.22. The average molecular weight is 302 g/mol. The van der Waals surface area contributed by atoms with E-state index in [0.717, 1.165) is 23.4 Å². The van der Waals surface area contributed by atoms with Crippen molar-refractivity contribution >= 4 is 16.6 Å². The molecule has 1 aromatic carbocycles. The van der Waals surface area contributed by atoms with E-state index in [0.29, 0.717) is 0 Å². The first-order chi connectivity index (χ1) is 10.5. The van der Waals surface area contributed by atoms with E-state index < -0.39 is 5.95 Å². The average Bonchev–Trinajstić information content (AvgIpc) is 2.86. The first-order valence-electron chi connectivity index (χ1n) is 7.35. The summed E-state index contributed by atoms with van der Waals surface area (Å²) in [6.07, 6.45) is 4.95. The molecule has 0 saturated carbocycles. The highest BCUT2D eigenvalue weighted by atomic mass is 19.1. The monoisotopic (exact) mass is 302 g/mol. The Morgan fingerprint density at radius 2 is 2.14 bits per heavy atom. The lowest BCUT2D eigenvalue weighted by Gasteiger charge is -2.14. The molecule has 0 atom stereocenters. The molecule has 2 aromatic rings. The number of fused-ring (bicyclic) bond motifs is 1. The number of aromatic amines is 1. The smallest absolute Gasteiger partial charge is 0.184 e. The molecule has 0 fully saturated rings. The number of hydrogen-bond acceptors (Lipinski definition) is 3. The minimum Gasteiger partial charge on any atom is -0.376 e. The van der Waals surface area contributed by atoms with E-state index in [1.54, 1.807) is 6.08 Å². The molecule has 4 nitrogen and oxygen atoms in total. The first kappa shape index (κ1) is 16.1. The van der Waals surface area contributed by atoms with E-state index in [1.807, 2.05) is 39.2 Å². The summed E-state index contributed by atoms with van der Waals surface area (Å²) in [6.45, 7) is 4.91. The van der Waals surface area contributed by atoms with E-state index in [1.165, 1.54) is 17.0 Å². The first-order valence-corrected chi connectivity index (χ1v) is 7.35. The summed E-state index contributed by atoms with van der Waals surface area (Å²) < 4.78 is 12.7. The Morgan fingerprint density at radius 1 is 1.36 bits per heavy atom. The predicted molar refractivity (Wildman–Crippen MR) is 91.0 cm³/mol. The van der Waals surface area contributed by atoms with Crippen molar-refractivity contribution in [2.24, 2.45) is 11.7 Å². The summed E-state index contributed by atoms with van der Waals surface area (Å²) in [7, 11) is 1.93. The van der Waals surface area contributed by atoms with Gasteiger partial charge in [0, 0.05) is 35.0 Å². The van der Waals surface area contributed by atoms with E-state index in [4.69, 9.17) is 5.73 Å². The summed E-state index contributed by atoms with van der Waals surface area (Å²) >= 11 is 0. The van der Waals surface area contributed by atoms with Crippen LogP contribution in [0.3, 0.4) is 0 Å². The zero-order valence-corrected chi connectivity index (χ0v) is 13.2. The van der Waals surface area contributed by atoms with E-state index >= 15 is 0 Å². The zero-order valence-electron chi connectivity index (χ0n) is 13.2. The van der Waals surface area contributed by atoms with Gasteiger partial charge < -0.3 is 21.4 Å². The molecule has 1 aromatic heterocycles. The fraction of sp³-hybridized carbons (Fsp3) is 0.294. The van der Waals surface area contributed by atoms with Crippen molar-refractivity contribution in [1.29, 1.82) is 0 Å². The van der Waals surface area contributed by atoms with Gasteiger partial charge in [0.1, 0.15) is 0 Å². The Hall–Kier alpha value is -2.27. The van der Waals surface area contributed by atoms with Crippen LogP contribution >= 0.6 is 0 Å². The van der Waals surface area contributed by atoms with Crippen LogP contribution in [0.5, 0.6) is 0 Å². The Bertz CT molecular complexity index is 694. The third-order valence-corrected chi connectivity index (χ3v) is 3.47. The van der Waals surface area contributed by atoms with Crippen LogP contribution < -0.4 is 16.4 Å². The minimum atomic E-state index is -0.698. The molecule has 0 spiro atoms. The maximum absolute atomic E-state index is 12.7. The summed E-state index contributed by atoms with van der Waals surface area (Å²) in [5, 5.41) is 7.68. The van der Waals surface area contributed by atoms with Crippen LogP contribution in [-0.2, 0) is 6.54 Å². The number of nitrogens with two attached hydrogens (primary N) is 1. The number of halogens is 1. The lowest BCUT2D eigenvalue weighted by molar-refractivity contribution is 0.626. The van der Waals surface area contributed by atoms with E-state index in [2.05, 4.69) is 21.7 Å². The van der Waals surface area contributed by atoms with Gasteiger partial charge in [0.05, 0.1) is 0 Å². The number of nitrogens with one attached hydrogen (secondary N) is 3. The highest BCUT2D eigenvalue weighted by molar-refractivity contribution is 5.86. The number of hydrogen-bond donors (Lipinski definition) is 4. The quantitative estimate of drug-likeness (QED) is 0.487. The van der Waals surface area contributed by atoms with Gasteiger partial charge in [-0.05, 0) is 42.8 Å². The van der Waals surface area contributed by atoms with Gasteiger partial charge in [-0.3, -0.25) is 0 Å². The topological polar surface area (TPSA) is 65.9 Å². The van der Waals surface area contributed by atoms with Gasteiger partial charge in [0.25, 0.3) is 0 Å². The van der Waals surface area contributed by atoms with Crippen molar-refractivity contribution in [3.05, 3.63) is 53.8 Å². The second-order valence-corrected chi connectivity index (χ2v) is 5.56. The summed E-state index contributed by atoms with van der Waals surface area (Å²) in [4.78, 5) is 3.27. The molecule has 0 saturated heterocycles. The van der Waals surface area contributed by atoms with Gasteiger partial charge in [0.2, 0.25) is 0 Å². The molecule has 0 unspecified atom stereocenters. The van der Waals surface area contributed by atoms with Crippen molar-refractivity contribution in [3.63, 3.8) is 0 Å². The number of H-pyrrole nitrogens is 1. The van der Waals surface area contributed by atoms with Crippen LogP contribution in [0.15, 0.2) is 48.2 Å². The lowest BCUT2D eigenvalue weighted by atomic mass is 10.1. The standard InChI is InChI=1S/C17H23FN4/c1-11(2)15(6-7-17(18)19)22-13-4-5-14-12(9-20-3)10-21-16(14)8-13/h4-8,10-11,20-22H,9,19H2,1-3H3/b15-6+,17-7-. The highest BCUT2D eigenvalue weighted by Gasteiger charge is 2.06. The van der Waals surface area contributed by atoms with Crippen LogP contribution in [0.25, 0.3) is 10.9 Å². The zero-order chi connectivity index (χ0) is 16.1. The van der Waals surface area contributed by atoms with Gasteiger partial charge in [-0.25, -0.2) is 0 Å². The third-order valence-electron chi connectivity index (χ3n) is 3.47. The van der Waals surface area contributed by atoms with Gasteiger partial charge in [-0.1, -0.05) is 19.9 Å². The largest absolute Gasteiger partial charge is 0.376 e. The van der Waals surface area contributed by atoms with Gasteiger partial charge in [0.15, 0.2) is 5.95 Å². The molecule has 0 bridgehead atoms. The van der Waals surface area contributed by atoms with Crippen LogP contribution in [0.1, 0.15) is 19.4 Å². The molecule has 22 heavy (non-hydrogen) atoms. The fourth-order valence-corrected chi connectivity index (χ4v) is 2.32. The van der Waals surface area contributed by atoms with E-state index in [-0.39, 0.29) is 5.92 Å². The van der Waals surface area contributed by atoms with Crippen molar-refractivity contribution in [2.75, 3.05) is 12.4 Å². The van der Waals surface area contributed by atoms with Crippen molar-refractivity contribution < 1.29 is 4.39 Å². The van der Waals surface area contributed by atoms with Crippen LogP contribution in [0.2, 0.25) is 0 Å². The van der Waals surface area contributed by atoms with Crippen molar-refractivity contribution in [2.45, 2.75) is 20.4 Å². The highest BCUT2D eigenvalue weighted by Crippen LogP contribution is 2.24. The Balaban J connectivity index is 2.27. The fourth-order valence-electron chi connectivity index (χ4n) is 2.32. The normalized spacial score (nSPS) is 13.1. The van der Waals surface area contributed by atoms with Gasteiger partial charge in [-0.2, -0.15) is 4.39 Å². The maximum Gasteiger partial charge on any atom is 0.184 e. The number of allylic oxidation sites excluding steroid dienone is 3. The van der Waals surface area contributed by atoms with E-state index in [9.17, 15) is 4.39 Å². The van der Waals surface area contributed by atoms with Crippen LogP contribution in [0, 0.1) is 5.92 Å². The van der Waals surface area contributed by atoms with Gasteiger partial charge >= 0.3 is 0 Å². The summed E-state index contributed by atoms with van der Waals surface area (Å²) in [5.74, 6) is -0.466. The third kappa shape index (κ3) is 3.89. The molecule has 0 aliphatic carbocycles. The molecule has 0 radical (unpaired) electrons. The Morgan fingerprint density at radius 3 is 2.77 bits per heavy atom. The lowest BCUT2D eigenvalue weighted by Crippen LogP contribution is -2.06. The Labute approximate surface area is 130 Å². The molecule has 5 heteroatoms. The molecule has 0 amide bonds.